The highest BCUT2D eigenvalue weighted by molar-refractivity contribution is 6.21. The third-order valence-corrected chi connectivity index (χ3v) is 9.85. The lowest BCUT2D eigenvalue weighted by Gasteiger charge is -2.26. The lowest BCUT2D eigenvalue weighted by molar-refractivity contribution is 0.961. The van der Waals surface area contributed by atoms with Crippen molar-refractivity contribution in [2.24, 2.45) is 0 Å². The molecule has 0 saturated carbocycles. The van der Waals surface area contributed by atoms with Crippen molar-refractivity contribution in [3.63, 3.8) is 0 Å². The predicted molar refractivity (Wildman–Crippen MR) is 201 cm³/mol. The van der Waals surface area contributed by atoms with Crippen LogP contribution in [0.4, 0.5) is 0 Å². The second-order valence-corrected chi connectivity index (χ2v) is 12.2. The third kappa shape index (κ3) is 4.94. The average molecular weight is 595 g/mol. The summed E-state index contributed by atoms with van der Waals surface area (Å²) >= 11 is 0. The Labute approximate surface area is 274 Å². The second-order valence-electron chi connectivity index (χ2n) is 12.2. The molecule has 0 nitrogen and oxygen atoms in total. The van der Waals surface area contributed by atoms with Gasteiger partial charge in [-0.1, -0.05) is 149 Å². The van der Waals surface area contributed by atoms with E-state index in [1.807, 2.05) is 0 Å². The maximum atomic E-state index is 2.57. The van der Waals surface area contributed by atoms with Crippen molar-refractivity contribution in [2.45, 2.75) is 53.4 Å². The summed E-state index contributed by atoms with van der Waals surface area (Å²) < 4.78 is 0. The number of benzene rings is 7. The fraction of sp³-hybridized carbons (Fsp3) is 0.174. The normalized spacial score (nSPS) is 11.4. The summed E-state index contributed by atoms with van der Waals surface area (Å²) in [7, 11) is 0. The van der Waals surface area contributed by atoms with E-state index in [1.54, 1.807) is 11.1 Å². The molecule has 0 bridgehead atoms. The predicted octanol–water partition coefficient (Wildman–Crippen LogP) is 12.9. The minimum Gasteiger partial charge on any atom is -0.0622 e. The molecule has 0 radical (unpaired) electrons. The zero-order valence-electron chi connectivity index (χ0n) is 27.5. The van der Waals surface area contributed by atoms with Gasteiger partial charge in [0.25, 0.3) is 0 Å². The van der Waals surface area contributed by atoms with Crippen LogP contribution in [0.2, 0.25) is 0 Å². The molecule has 0 fully saturated rings. The van der Waals surface area contributed by atoms with Gasteiger partial charge in [0.1, 0.15) is 0 Å². The van der Waals surface area contributed by atoms with Gasteiger partial charge < -0.3 is 0 Å². The summed E-state index contributed by atoms with van der Waals surface area (Å²) in [5, 5.41) is 5.48. The van der Waals surface area contributed by atoms with Gasteiger partial charge in [-0.2, -0.15) is 0 Å². The minimum absolute atomic E-state index is 1.03. The second kappa shape index (κ2) is 12.8. The van der Waals surface area contributed by atoms with E-state index in [-0.39, 0.29) is 0 Å². The molecule has 0 saturated heterocycles. The van der Waals surface area contributed by atoms with Crippen molar-refractivity contribution < 1.29 is 0 Å². The maximum Gasteiger partial charge on any atom is -0.00141 e. The molecular formula is C46H42. The quantitative estimate of drug-likeness (QED) is 0.154. The number of rotatable bonds is 8. The Morgan fingerprint density at radius 3 is 0.804 bits per heavy atom. The van der Waals surface area contributed by atoms with Crippen molar-refractivity contribution in [1.29, 1.82) is 0 Å². The first kappa shape index (κ1) is 29.8. The highest BCUT2D eigenvalue weighted by atomic mass is 14.3. The zero-order chi connectivity index (χ0) is 31.6. The molecule has 226 valence electrons. The van der Waals surface area contributed by atoms with E-state index in [0.717, 1.165) is 25.7 Å². The van der Waals surface area contributed by atoms with Crippen LogP contribution in [0.1, 0.15) is 49.9 Å². The Hall–Kier alpha value is -4.94. The summed E-state index contributed by atoms with van der Waals surface area (Å²) in [4.78, 5) is 0. The standard InChI is InChI=1S/C46H42/c1-5-35-36(6-2)38(8-4)40-30-42-41(29-39(40)37(35)7-3)43(31-21-13-9-14-22-31)45(33-25-17-11-18-26-33)46(34-27-19-12-20-28-34)44(42)32-23-15-10-16-24-32/h9-30H,5-8H2,1-4H3. The Morgan fingerprint density at radius 1 is 0.283 bits per heavy atom. The number of hydrogen-bond acceptors (Lipinski definition) is 0. The topological polar surface area (TPSA) is 0 Å². The van der Waals surface area contributed by atoms with Crippen LogP contribution in [0.5, 0.6) is 0 Å². The van der Waals surface area contributed by atoms with E-state index in [4.69, 9.17) is 0 Å². The van der Waals surface area contributed by atoms with E-state index in [1.165, 1.54) is 77.2 Å². The Balaban J connectivity index is 1.83. The molecule has 0 N–H and O–H groups in total. The minimum atomic E-state index is 1.03. The van der Waals surface area contributed by atoms with Crippen LogP contribution in [-0.4, -0.2) is 0 Å². The van der Waals surface area contributed by atoms with E-state index in [0.29, 0.717) is 0 Å². The first-order chi connectivity index (χ1) is 22.7. The van der Waals surface area contributed by atoms with Gasteiger partial charge >= 0.3 is 0 Å². The lowest BCUT2D eigenvalue weighted by atomic mass is 9.77. The number of aryl methyl sites for hydroxylation is 2. The molecule has 7 aromatic rings. The van der Waals surface area contributed by atoms with Crippen LogP contribution >= 0.6 is 0 Å². The van der Waals surface area contributed by atoms with Crippen molar-refractivity contribution in [3.05, 3.63) is 156 Å². The van der Waals surface area contributed by atoms with Gasteiger partial charge in [-0.15, -0.1) is 0 Å². The van der Waals surface area contributed by atoms with Crippen LogP contribution in [0, 0.1) is 0 Å². The van der Waals surface area contributed by atoms with Gasteiger partial charge in [0, 0.05) is 0 Å². The van der Waals surface area contributed by atoms with Gasteiger partial charge in [-0.3, -0.25) is 0 Å². The first-order valence-electron chi connectivity index (χ1n) is 17.0. The lowest BCUT2D eigenvalue weighted by Crippen LogP contribution is -2.05. The zero-order valence-corrected chi connectivity index (χ0v) is 27.5. The highest BCUT2D eigenvalue weighted by Gasteiger charge is 2.26. The van der Waals surface area contributed by atoms with Crippen LogP contribution in [0.15, 0.2) is 133 Å². The van der Waals surface area contributed by atoms with Gasteiger partial charge in [0.2, 0.25) is 0 Å². The largest absolute Gasteiger partial charge is 0.0622 e. The summed E-state index contributed by atoms with van der Waals surface area (Å²) in [6, 6.07) is 49.3. The Morgan fingerprint density at radius 2 is 0.543 bits per heavy atom. The number of hydrogen-bond donors (Lipinski definition) is 0. The van der Waals surface area contributed by atoms with Crippen molar-refractivity contribution >= 4 is 21.5 Å². The van der Waals surface area contributed by atoms with E-state index in [9.17, 15) is 0 Å². The molecule has 0 heterocycles. The molecule has 0 aromatic heterocycles. The molecule has 0 aliphatic heterocycles. The molecule has 7 rings (SSSR count). The Bertz CT molecular complexity index is 1980. The van der Waals surface area contributed by atoms with Gasteiger partial charge in [0.15, 0.2) is 0 Å². The monoisotopic (exact) mass is 594 g/mol. The van der Waals surface area contributed by atoms with Crippen LogP contribution in [-0.2, 0) is 25.7 Å². The fourth-order valence-electron chi connectivity index (χ4n) is 7.98. The molecule has 0 aliphatic rings. The maximum absolute atomic E-state index is 2.57. The van der Waals surface area contributed by atoms with Gasteiger partial charge in [-0.05, 0) is 126 Å². The van der Waals surface area contributed by atoms with E-state index < -0.39 is 0 Å². The van der Waals surface area contributed by atoms with Gasteiger partial charge in [0.05, 0.1) is 0 Å². The summed E-state index contributed by atoms with van der Waals surface area (Å²) in [5.74, 6) is 0. The molecule has 0 unspecified atom stereocenters. The summed E-state index contributed by atoms with van der Waals surface area (Å²) in [5.41, 5.74) is 16.3. The van der Waals surface area contributed by atoms with Crippen molar-refractivity contribution in [1.82, 2.24) is 0 Å². The highest BCUT2D eigenvalue weighted by Crippen LogP contribution is 2.52. The molecular weight excluding hydrogens is 553 g/mol. The number of fused-ring (bicyclic) bond motifs is 2. The summed E-state index contributed by atoms with van der Waals surface area (Å²) in [6.07, 6.45) is 4.19. The summed E-state index contributed by atoms with van der Waals surface area (Å²) in [6.45, 7) is 9.35. The van der Waals surface area contributed by atoms with Crippen LogP contribution < -0.4 is 0 Å². The third-order valence-electron chi connectivity index (χ3n) is 9.85. The van der Waals surface area contributed by atoms with Gasteiger partial charge in [-0.25, -0.2) is 0 Å². The fourth-order valence-corrected chi connectivity index (χ4v) is 7.98. The SMILES string of the molecule is CCc1c(CC)c(CC)c2cc3c(-c4ccccc4)c(-c4ccccc4)c(-c4ccccc4)c(-c4ccccc4)c3cc2c1CC. The van der Waals surface area contributed by atoms with E-state index >= 15 is 0 Å². The average Bonchev–Trinajstić information content (AvgIpc) is 3.13. The smallest absolute Gasteiger partial charge is 0.00141 e. The Kier molecular flexibility index (Phi) is 8.29. The van der Waals surface area contributed by atoms with Crippen LogP contribution in [0.25, 0.3) is 66.1 Å². The molecule has 0 aliphatic carbocycles. The van der Waals surface area contributed by atoms with Crippen molar-refractivity contribution in [3.8, 4) is 44.5 Å². The molecule has 0 heteroatoms. The first-order valence-corrected chi connectivity index (χ1v) is 17.0. The van der Waals surface area contributed by atoms with Crippen LogP contribution in [0.3, 0.4) is 0 Å². The van der Waals surface area contributed by atoms with Crippen molar-refractivity contribution in [2.75, 3.05) is 0 Å². The van der Waals surface area contributed by atoms with E-state index in [2.05, 4.69) is 161 Å². The molecule has 46 heavy (non-hydrogen) atoms. The molecule has 7 aromatic carbocycles. The molecule has 0 amide bonds. The molecule has 0 atom stereocenters. The molecule has 0 spiro atoms.